The zero-order chi connectivity index (χ0) is 11.7. The second kappa shape index (κ2) is 3.65. The van der Waals surface area contributed by atoms with Gasteiger partial charge in [0.2, 0.25) is 0 Å². The summed E-state index contributed by atoms with van der Waals surface area (Å²) in [6.07, 6.45) is 1.48. The SMILES string of the molecule is Cc1ccc([N+](=O)[O-])c(-c2cnc(N)[nH]2)c1. The molecule has 0 aliphatic heterocycles. The number of aromatic nitrogens is 2. The normalized spacial score (nSPS) is 10.3. The standard InChI is InChI=1S/C10H10N4O2/c1-6-2-3-9(14(15)16)7(4-6)8-5-12-10(11)13-8/h2-5H,1H3,(H3,11,12,13). The topological polar surface area (TPSA) is 97.8 Å². The molecule has 2 aromatic rings. The van der Waals surface area contributed by atoms with E-state index in [0.29, 0.717) is 11.3 Å². The van der Waals surface area contributed by atoms with Crippen molar-refractivity contribution in [3.05, 3.63) is 40.1 Å². The highest BCUT2D eigenvalue weighted by atomic mass is 16.6. The van der Waals surface area contributed by atoms with Crippen molar-refractivity contribution >= 4 is 11.6 Å². The molecule has 1 aromatic carbocycles. The van der Waals surface area contributed by atoms with Crippen molar-refractivity contribution in [1.29, 1.82) is 0 Å². The minimum absolute atomic E-state index is 0.0363. The largest absolute Gasteiger partial charge is 0.369 e. The predicted octanol–water partition coefficient (Wildman–Crippen LogP) is 1.88. The number of H-pyrrole nitrogens is 1. The van der Waals surface area contributed by atoms with Gasteiger partial charge in [-0.3, -0.25) is 10.1 Å². The fraction of sp³-hybridized carbons (Fsp3) is 0.100. The lowest BCUT2D eigenvalue weighted by atomic mass is 10.1. The molecule has 6 nitrogen and oxygen atoms in total. The Morgan fingerprint density at radius 3 is 2.81 bits per heavy atom. The summed E-state index contributed by atoms with van der Waals surface area (Å²) in [5.41, 5.74) is 7.46. The molecule has 0 unspecified atom stereocenters. The molecular weight excluding hydrogens is 208 g/mol. The molecule has 0 amide bonds. The first kappa shape index (κ1) is 10.2. The highest BCUT2D eigenvalue weighted by Gasteiger charge is 2.16. The third kappa shape index (κ3) is 1.72. The maximum Gasteiger partial charge on any atom is 0.278 e. The molecule has 0 saturated heterocycles. The summed E-state index contributed by atoms with van der Waals surface area (Å²) in [5, 5.41) is 10.9. The molecule has 0 fully saturated rings. The molecule has 3 N–H and O–H groups in total. The van der Waals surface area contributed by atoms with Crippen LogP contribution in [0.25, 0.3) is 11.3 Å². The van der Waals surface area contributed by atoms with Gasteiger partial charge in [0.15, 0.2) is 5.95 Å². The molecule has 0 spiro atoms. The van der Waals surface area contributed by atoms with Gasteiger partial charge < -0.3 is 10.7 Å². The van der Waals surface area contributed by atoms with Crippen LogP contribution in [0.5, 0.6) is 0 Å². The van der Waals surface area contributed by atoms with E-state index in [-0.39, 0.29) is 11.6 Å². The van der Waals surface area contributed by atoms with Gasteiger partial charge in [0, 0.05) is 6.07 Å². The second-order valence-electron chi connectivity index (χ2n) is 3.46. The number of nitrogens with zero attached hydrogens (tertiary/aromatic N) is 2. The van der Waals surface area contributed by atoms with Crippen LogP contribution in [0.3, 0.4) is 0 Å². The van der Waals surface area contributed by atoms with Crippen molar-refractivity contribution in [2.45, 2.75) is 6.92 Å². The lowest BCUT2D eigenvalue weighted by Crippen LogP contribution is -1.93. The second-order valence-corrected chi connectivity index (χ2v) is 3.46. The first-order chi connectivity index (χ1) is 7.58. The van der Waals surface area contributed by atoms with Crippen LogP contribution in [0.4, 0.5) is 11.6 Å². The van der Waals surface area contributed by atoms with Crippen molar-refractivity contribution in [1.82, 2.24) is 9.97 Å². The van der Waals surface area contributed by atoms with E-state index in [2.05, 4.69) is 9.97 Å². The van der Waals surface area contributed by atoms with E-state index in [1.807, 2.05) is 6.92 Å². The number of hydrogen-bond donors (Lipinski definition) is 2. The molecule has 0 aliphatic rings. The van der Waals surface area contributed by atoms with Crippen LogP contribution < -0.4 is 5.73 Å². The average Bonchev–Trinajstić information content (AvgIpc) is 2.64. The van der Waals surface area contributed by atoms with E-state index in [1.54, 1.807) is 12.1 Å². The first-order valence-electron chi connectivity index (χ1n) is 4.64. The number of nitrogens with one attached hydrogen (secondary N) is 1. The summed E-state index contributed by atoms with van der Waals surface area (Å²) in [7, 11) is 0. The summed E-state index contributed by atoms with van der Waals surface area (Å²) >= 11 is 0. The van der Waals surface area contributed by atoms with Gasteiger partial charge in [-0.15, -0.1) is 0 Å². The Kier molecular flexibility index (Phi) is 2.32. The average molecular weight is 218 g/mol. The molecule has 82 valence electrons. The van der Waals surface area contributed by atoms with Crippen molar-refractivity contribution in [2.24, 2.45) is 0 Å². The van der Waals surface area contributed by atoms with Crippen molar-refractivity contribution < 1.29 is 4.92 Å². The molecule has 0 atom stereocenters. The fourth-order valence-electron chi connectivity index (χ4n) is 1.50. The van der Waals surface area contributed by atoms with E-state index in [1.165, 1.54) is 12.3 Å². The zero-order valence-electron chi connectivity index (χ0n) is 8.60. The molecule has 0 bridgehead atoms. The quantitative estimate of drug-likeness (QED) is 0.593. The van der Waals surface area contributed by atoms with Crippen LogP contribution in [-0.2, 0) is 0 Å². The van der Waals surface area contributed by atoms with E-state index < -0.39 is 4.92 Å². The molecule has 16 heavy (non-hydrogen) atoms. The number of imidazole rings is 1. The summed E-state index contributed by atoms with van der Waals surface area (Å²) in [6.45, 7) is 1.87. The number of nitro groups is 1. The number of aromatic amines is 1. The zero-order valence-corrected chi connectivity index (χ0v) is 8.60. The van der Waals surface area contributed by atoms with Crippen molar-refractivity contribution in [3.63, 3.8) is 0 Å². The molecule has 1 heterocycles. The Morgan fingerprint density at radius 1 is 1.50 bits per heavy atom. The lowest BCUT2D eigenvalue weighted by Gasteiger charge is -2.01. The number of nitrogens with two attached hydrogens (primary N) is 1. The molecule has 6 heteroatoms. The van der Waals surface area contributed by atoms with Crippen molar-refractivity contribution in [3.8, 4) is 11.3 Å². The number of nitro benzene ring substituents is 1. The van der Waals surface area contributed by atoms with Gasteiger partial charge >= 0.3 is 0 Å². The molecular formula is C10H10N4O2. The Hall–Kier alpha value is -2.37. The van der Waals surface area contributed by atoms with Crippen LogP contribution in [0.15, 0.2) is 24.4 Å². The maximum atomic E-state index is 10.9. The molecule has 0 radical (unpaired) electrons. The molecule has 2 rings (SSSR count). The van der Waals surface area contributed by atoms with E-state index in [4.69, 9.17) is 5.73 Å². The number of hydrogen-bond acceptors (Lipinski definition) is 4. The predicted molar refractivity (Wildman–Crippen MR) is 59.8 cm³/mol. The maximum absolute atomic E-state index is 10.9. The van der Waals surface area contributed by atoms with E-state index in [0.717, 1.165) is 5.56 Å². The number of anilines is 1. The summed E-state index contributed by atoms with van der Waals surface area (Å²) < 4.78 is 0. The molecule has 0 aliphatic carbocycles. The fourth-order valence-corrected chi connectivity index (χ4v) is 1.50. The Balaban J connectivity index is 2.62. The van der Waals surface area contributed by atoms with Gasteiger partial charge in [0.25, 0.3) is 5.69 Å². The van der Waals surface area contributed by atoms with Gasteiger partial charge in [-0.25, -0.2) is 4.98 Å². The molecule has 0 saturated carbocycles. The van der Waals surface area contributed by atoms with Gasteiger partial charge in [0.05, 0.1) is 22.4 Å². The van der Waals surface area contributed by atoms with Crippen LogP contribution >= 0.6 is 0 Å². The highest BCUT2D eigenvalue weighted by molar-refractivity contribution is 5.71. The Labute approximate surface area is 91.3 Å². The van der Waals surface area contributed by atoms with Crippen LogP contribution in [0.2, 0.25) is 0 Å². The smallest absolute Gasteiger partial charge is 0.278 e. The van der Waals surface area contributed by atoms with Gasteiger partial charge in [-0.1, -0.05) is 6.07 Å². The summed E-state index contributed by atoms with van der Waals surface area (Å²) in [6, 6.07) is 4.90. The number of benzene rings is 1. The number of rotatable bonds is 2. The van der Waals surface area contributed by atoms with E-state index in [9.17, 15) is 10.1 Å². The first-order valence-corrected chi connectivity index (χ1v) is 4.64. The minimum Gasteiger partial charge on any atom is -0.369 e. The third-order valence-corrected chi connectivity index (χ3v) is 2.23. The Bertz CT molecular complexity index is 548. The summed E-state index contributed by atoms with van der Waals surface area (Å²) in [4.78, 5) is 17.0. The number of aryl methyl sites for hydroxylation is 1. The lowest BCUT2D eigenvalue weighted by molar-refractivity contribution is -0.384. The molecule has 1 aromatic heterocycles. The van der Waals surface area contributed by atoms with Crippen LogP contribution in [0.1, 0.15) is 5.56 Å². The Morgan fingerprint density at radius 2 is 2.25 bits per heavy atom. The summed E-state index contributed by atoms with van der Waals surface area (Å²) in [5.74, 6) is 0.241. The monoisotopic (exact) mass is 218 g/mol. The van der Waals surface area contributed by atoms with Gasteiger partial charge in [0.1, 0.15) is 0 Å². The van der Waals surface area contributed by atoms with Gasteiger partial charge in [-0.2, -0.15) is 0 Å². The third-order valence-electron chi connectivity index (χ3n) is 2.23. The minimum atomic E-state index is -0.425. The van der Waals surface area contributed by atoms with Gasteiger partial charge in [-0.05, 0) is 18.6 Å². The van der Waals surface area contributed by atoms with Crippen LogP contribution in [-0.4, -0.2) is 14.9 Å². The number of nitrogen functional groups attached to an aromatic ring is 1. The van der Waals surface area contributed by atoms with Crippen molar-refractivity contribution in [2.75, 3.05) is 5.73 Å². The van der Waals surface area contributed by atoms with Crippen LogP contribution in [0, 0.1) is 17.0 Å². The van der Waals surface area contributed by atoms with E-state index >= 15 is 0 Å². The highest BCUT2D eigenvalue weighted by Crippen LogP contribution is 2.29.